The van der Waals surface area contributed by atoms with Gasteiger partial charge in [-0.05, 0) is 68.0 Å². The van der Waals surface area contributed by atoms with E-state index >= 15 is 0 Å². The maximum atomic E-state index is 14.0. The van der Waals surface area contributed by atoms with Gasteiger partial charge in [-0.2, -0.15) is 44.8 Å². The third-order valence-corrected chi connectivity index (χ3v) is 8.44. The number of nitriles is 1. The maximum Gasteiger partial charge on any atom is 0.433 e. The summed E-state index contributed by atoms with van der Waals surface area (Å²) in [7, 11) is 0. The smallest absolute Gasteiger partial charge is 0.433 e. The Morgan fingerprint density at radius 3 is 2.22 bits per heavy atom. The molecular weight excluding hydrogens is 743 g/mol. The minimum Gasteiger partial charge on any atom is -0.490 e. The van der Waals surface area contributed by atoms with Gasteiger partial charge in [0, 0.05) is 19.3 Å². The number of aliphatic carboxylic acids is 1. The number of halogens is 9. The predicted molar refractivity (Wildman–Crippen MR) is 170 cm³/mol. The van der Waals surface area contributed by atoms with Crippen LogP contribution in [0.2, 0.25) is 0 Å². The zero-order valence-electron chi connectivity index (χ0n) is 28.4. The number of fused-ring (bicyclic) bond motifs is 1. The van der Waals surface area contributed by atoms with Crippen LogP contribution in [0.5, 0.6) is 5.75 Å². The third-order valence-electron chi connectivity index (χ3n) is 8.44. The number of rotatable bonds is 13. The van der Waals surface area contributed by atoms with Crippen molar-refractivity contribution >= 4 is 17.7 Å². The van der Waals surface area contributed by atoms with Crippen LogP contribution in [0, 0.1) is 11.3 Å². The van der Waals surface area contributed by atoms with Gasteiger partial charge < -0.3 is 20.3 Å². The van der Waals surface area contributed by atoms with Crippen LogP contribution in [0.3, 0.4) is 0 Å². The minimum atomic E-state index is -5.16. The number of carboxylic acid groups (broad SMARTS) is 1. The van der Waals surface area contributed by atoms with Gasteiger partial charge in [-0.3, -0.25) is 9.69 Å². The van der Waals surface area contributed by atoms with E-state index in [0.717, 1.165) is 17.2 Å². The Kier molecular flexibility index (Phi) is 12.7. The Hall–Kier alpha value is -5.19. The van der Waals surface area contributed by atoms with E-state index in [9.17, 15) is 49.1 Å². The van der Waals surface area contributed by atoms with Crippen LogP contribution in [-0.2, 0) is 34.5 Å². The molecule has 0 unspecified atom stereocenters. The van der Waals surface area contributed by atoms with Crippen LogP contribution in [0.15, 0.2) is 36.5 Å². The molecule has 11 nitrogen and oxygen atoms in total. The second-order valence-electron chi connectivity index (χ2n) is 12.4. The molecule has 3 heterocycles. The molecule has 20 heteroatoms. The fourth-order valence-corrected chi connectivity index (χ4v) is 5.74. The molecule has 4 rings (SSSR count). The lowest BCUT2D eigenvalue weighted by molar-refractivity contribution is -0.143. The second-order valence-corrected chi connectivity index (χ2v) is 12.4. The maximum absolute atomic E-state index is 14.0. The number of hydrogen-bond acceptors (Lipinski definition) is 9. The van der Waals surface area contributed by atoms with E-state index in [2.05, 4.69) is 15.0 Å². The van der Waals surface area contributed by atoms with Gasteiger partial charge in [0.25, 0.3) is 0 Å². The van der Waals surface area contributed by atoms with Gasteiger partial charge in [-0.15, -0.1) is 0 Å². The van der Waals surface area contributed by atoms with Crippen molar-refractivity contribution in [2.24, 2.45) is 5.73 Å². The van der Waals surface area contributed by atoms with Gasteiger partial charge in [0.2, 0.25) is 0 Å². The van der Waals surface area contributed by atoms with E-state index < -0.39 is 71.0 Å². The molecule has 1 amide bonds. The first-order valence-electron chi connectivity index (χ1n) is 16.4. The number of benzene rings is 1. The van der Waals surface area contributed by atoms with Crippen molar-refractivity contribution in [3.8, 4) is 11.8 Å². The first kappa shape index (κ1) is 41.6. The molecule has 0 saturated carbocycles. The number of nitrogens with two attached hydrogens (primary N) is 1. The van der Waals surface area contributed by atoms with Crippen molar-refractivity contribution in [1.29, 1.82) is 5.26 Å². The van der Waals surface area contributed by atoms with Crippen molar-refractivity contribution in [1.82, 2.24) is 15.0 Å². The molecule has 2 aromatic heterocycles. The molecule has 54 heavy (non-hydrogen) atoms. The minimum absolute atomic E-state index is 0.0184. The van der Waals surface area contributed by atoms with Crippen LogP contribution in [-0.4, -0.2) is 51.0 Å². The summed E-state index contributed by atoms with van der Waals surface area (Å²) in [5.74, 6) is -2.85. The standard InChI is InChI=1S/C34H33F9N6O5/c1-2-31(45)17-22(28-24(8-9-26(48-28)34(41,42)43)49(31)30(52)54-12-5-3-7-27(50)51)29-46-18-25(53-11-6-4-10-44)23(47-29)15-19-13-20(32(35,36)37)16-21(14-19)33(38,39)40/h8-9,13-14,16,18,22H,2-7,11-12,15,17,45H2,1H3,(H,50,51)/t22-,31+/m0/s1. The quantitative estimate of drug-likeness (QED) is 0.128. The molecule has 3 aromatic rings. The van der Waals surface area contributed by atoms with Gasteiger partial charge in [-0.1, -0.05) is 6.92 Å². The zero-order chi connectivity index (χ0) is 40.1. The van der Waals surface area contributed by atoms with Crippen LogP contribution in [0.25, 0.3) is 0 Å². The summed E-state index contributed by atoms with van der Waals surface area (Å²) in [4.78, 5) is 37.6. The molecule has 2 atom stereocenters. The number of carbonyl (C=O) groups excluding carboxylic acids is 1. The Morgan fingerprint density at radius 1 is 0.981 bits per heavy atom. The highest BCUT2D eigenvalue weighted by Gasteiger charge is 2.48. The lowest BCUT2D eigenvalue weighted by Gasteiger charge is -2.46. The van der Waals surface area contributed by atoms with Crippen LogP contribution >= 0.6 is 0 Å². The summed E-state index contributed by atoms with van der Waals surface area (Å²) in [5, 5.41) is 17.7. The highest BCUT2D eigenvalue weighted by molar-refractivity contribution is 5.91. The van der Waals surface area contributed by atoms with Crippen molar-refractivity contribution in [2.75, 3.05) is 18.1 Å². The van der Waals surface area contributed by atoms with E-state index in [1.807, 2.05) is 6.07 Å². The fourth-order valence-electron chi connectivity index (χ4n) is 5.74. The second kappa shape index (κ2) is 16.4. The fraction of sp³-hybridized carbons (Fsp3) is 0.471. The topological polar surface area (TPSA) is 165 Å². The summed E-state index contributed by atoms with van der Waals surface area (Å²) >= 11 is 0. The summed E-state index contributed by atoms with van der Waals surface area (Å²) in [5.41, 5.74) is -0.824. The first-order chi connectivity index (χ1) is 25.2. The molecule has 0 radical (unpaired) electrons. The normalized spacial score (nSPS) is 17.4. The first-order valence-corrected chi connectivity index (χ1v) is 16.4. The van der Waals surface area contributed by atoms with Crippen LogP contribution in [0.1, 0.15) is 97.4 Å². The van der Waals surface area contributed by atoms with E-state index in [-0.39, 0.29) is 92.9 Å². The predicted octanol–water partition coefficient (Wildman–Crippen LogP) is 8.00. The molecule has 0 spiro atoms. The number of carboxylic acids is 1. The van der Waals surface area contributed by atoms with Gasteiger partial charge in [-0.25, -0.2) is 19.7 Å². The number of amides is 1. The number of hydrogen-bond donors (Lipinski definition) is 2. The monoisotopic (exact) mass is 776 g/mol. The highest BCUT2D eigenvalue weighted by Crippen LogP contribution is 2.46. The van der Waals surface area contributed by atoms with Gasteiger partial charge in [0.05, 0.1) is 59.6 Å². The molecule has 3 N–H and O–H groups in total. The number of carbonyl (C=O) groups is 2. The molecule has 0 saturated heterocycles. The number of nitrogens with zero attached hydrogens (tertiary/aromatic N) is 5. The molecule has 1 aromatic carbocycles. The van der Waals surface area contributed by atoms with Gasteiger partial charge in [0.15, 0.2) is 5.75 Å². The lowest BCUT2D eigenvalue weighted by Crippen LogP contribution is -2.62. The van der Waals surface area contributed by atoms with Crippen LogP contribution < -0.4 is 15.4 Å². The Balaban J connectivity index is 1.84. The largest absolute Gasteiger partial charge is 0.490 e. The van der Waals surface area contributed by atoms with Crippen molar-refractivity contribution in [2.45, 2.75) is 88.4 Å². The molecule has 0 bridgehead atoms. The summed E-state index contributed by atoms with van der Waals surface area (Å²) in [6.07, 6.45) is -16.0. The third kappa shape index (κ3) is 10.1. The van der Waals surface area contributed by atoms with Gasteiger partial charge >= 0.3 is 30.6 Å². The van der Waals surface area contributed by atoms with Crippen molar-refractivity contribution < 1.29 is 63.7 Å². The molecule has 0 aliphatic carbocycles. The van der Waals surface area contributed by atoms with E-state index in [0.29, 0.717) is 18.2 Å². The number of ether oxygens (including phenoxy) is 2. The number of aromatic nitrogens is 3. The number of anilines is 1. The van der Waals surface area contributed by atoms with Crippen molar-refractivity contribution in [3.63, 3.8) is 0 Å². The number of alkyl halides is 9. The van der Waals surface area contributed by atoms with Gasteiger partial charge in [0.1, 0.15) is 17.2 Å². The summed E-state index contributed by atoms with van der Waals surface area (Å²) in [6, 6.07) is 4.40. The molecule has 1 aliphatic rings. The lowest BCUT2D eigenvalue weighted by atomic mass is 9.83. The van der Waals surface area contributed by atoms with E-state index in [1.54, 1.807) is 6.92 Å². The zero-order valence-corrected chi connectivity index (χ0v) is 28.4. The summed E-state index contributed by atoms with van der Waals surface area (Å²) < 4.78 is 135. The molecular formula is C34H33F9N6O5. The van der Waals surface area contributed by atoms with Crippen molar-refractivity contribution in [3.05, 3.63) is 76.1 Å². The molecule has 1 aliphatic heterocycles. The van der Waals surface area contributed by atoms with E-state index in [1.165, 1.54) is 0 Å². The average molecular weight is 777 g/mol. The van der Waals surface area contributed by atoms with Crippen LogP contribution in [0.4, 0.5) is 50.0 Å². The Bertz CT molecular complexity index is 1850. The highest BCUT2D eigenvalue weighted by atomic mass is 19.4. The summed E-state index contributed by atoms with van der Waals surface area (Å²) in [6.45, 7) is 1.20. The molecule has 292 valence electrons. The SMILES string of the molecule is CC[C@]1(N)C[C@H](c2ncc(OCCCC#N)c(Cc3cc(C(F)(F)F)cc(C(F)(F)F)c3)n2)c2nc(C(F)(F)F)ccc2N1C(=O)OCCCCC(=O)O. The van der Waals surface area contributed by atoms with E-state index in [4.69, 9.17) is 25.6 Å². The molecule has 0 fully saturated rings. The number of pyridine rings is 1. The Morgan fingerprint density at radius 2 is 1.65 bits per heavy atom. The number of unbranched alkanes of at least 4 members (excludes halogenated alkanes) is 2. The average Bonchev–Trinajstić information content (AvgIpc) is 3.08. The Labute approximate surface area is 301 Å².